The Balaban J connectivity index is 2.33. The fourth-order valence-electron chi connectivity index (χ4n) is 1.80. The summed E-state index contributed by atoms with van der Waals surface area (Å²) in [6.45, 7) is 0. The van der Waals surface area contributed by atoms with Crippen molar-refractivity contribution in [3.8, 4) is 11.6 Å². The van der Waals surface area contributed by atoms with Gasteiger partial charge in [0.2, 0.25) is 0 Å². The Morgan fingerprint density at radius 2 is 2.17 bits per heavy atom. The molecule has 0 fully saturated rings. The highest BCUT2D eigenvalue weighted by atomic mass is 79.9. The van der Waals surface area contributed by atoms with Crippen LogP contribution in [0.15, 0.2) is 45.6 Å². The van der Waals surface area contributed by atoms with Crippen LogP contribution in [-0.4, -0.2) is 20.5 Å². The maximum absolute atomic E-state index is 11.1. The van der Waals surface area contributed by atoms with Crippen LogP contribution in [0.1, 0.15) is 10.5 Å². The predicted octanol–water partition coefficient (Wildman–Crippen LogP) is 3.06. The lowest BCUT2D eigenvalue weighted by Crippen LogP contribution is -1.96. The SMILES string of the molecule is O=C(O)c1nc(-c2ccc(Br)o2)n2ccccc12. The number of furan rings is 1. The summed E-state index contributed by atoms with van der Waals surface area (Å²) in [4.78, 5) is 15.3. The minimum absolute atomic E-state index is 0.0122. The maximum atomic E-state index is 11.1. The third-order valence-electron chi connectivity index (χ3n) is 2.54. The molecule has 0 unspecified atom stereocenters. The van der Waals surface area contributed by atoms with Gasteiger partial charge in [0.05, 0.1) is 5.52 Å². The summed E-state index contributed by atoms with van der Waals surface area (Å²) in [7, 11) is 0. The zero-order valence-corrected chi connectivity index (χ0v) is 10.6. The fraction of sp³-hybridized carbons (Fsp3) is 0. The van der Waals surface area contributed by atoms with Gasteiger partial charge in [0.1, 0.15) is 0 Å². The van der Waals surface area contributed by atoms with E-state index >= 15 is 0 Å². The summed E-state index contributed by atoms with van der Waals surface area (Å²) < 4.78 is 7.67. The van der Waals surface area contributed by atoms with Gasteiger partial charge < -0.3 is 9.52 Å². The second kappa shape index (κ2) is 3.99. The normalized spacial score (nSPS) is 10.9. The van der Waals surface area contributed by atoms with Crippen LogP contribution in [0.3, 0.4) is 0 Å². The van der Waals surface area contributed by atoms with Gasteiger partial charge in [-0.1, -0.05) is 6.07 Å². The number of carboxylic acids is 1. The summed E-state index contributed by atoms with van der Waals surface area (Å²) in [5.74, 6) is -0.0835. The third kappa shape index (κ3) is 1.62. The van der Waals surface area contributed by atoms with Crippen molar-refractivity contribution in [2.45, 2.75) is 0 Å². The summed E-state index contributed by atoms with van der Waals surface area (Å²) in [5.41, 5.74) is 0.547. The fourth-order valence-corrected chi connectivity index (χ4v) is 2.11. The molecule has 0 bridgehead atoms. The van der Waals surface area contributed by atoms with Gasteiger partial charge in [-0.05, 0) is 40.2 Å². The van der Waals surface area contributed by atoms with Gasteiger partial charge in [0.15, 0.2) is 21.9 Å². The molecule has 3 aromatic rings. The number of halogens is 1. The molecule has 0 aromatic carbocycles. The Labute approximate surface area is 110 Å². The molecule has 5 nitrogen and oxygen atoms in total. The maximum Gasteiger partial charge on any atom is 0.356 e. The van der Waals surface area contributed by atoms with Crippen LogP contribution in [0.25, 0.3) is 17.1 Å². The van der Waals surface area contributed by atoms with E-state index in [1.807, 2.05) is 6.07 Å². The molecule has 1 N–H and O–H groups in total. The number of carboxylic acid groups (broad SMARTS) is 1. The largest absolute Gasteiger partial charge is 0.476 e. The molecular formula is C12H7BrN2O3. The van der Waals surface area contributed by atoms with Crippen molar-refractivity contribution < 1.29 is 14.3 Å². The van der Waals surface area contributed by atoms with Crippen molar-refractivity contribution in [1.29, 1.82) is 0 Å². The van der Waals surface area contributed by atoms with Crippen LogP contribution < -0.4 is 0 Å². The lowest BCUT2D eigenvalue weighted by molar-refractivity contribution is 0.0693. The number of hydrogen-bond acceptors (Lipinski definition) is 3. The first-order valence-electron chi connectivity index (χ1n) is 5.13. The topological polar surface area (TPSA) is 67.7 Å². The van der Waals surface area contributed by atoms with Crippen LogP contribution in [-0.2, 0) is 0 Å². The second-order valence-electron chi connectivity index (χ2n) is 3.65. The average molecular weight is 307 g/mol. The number of aromatic carboxylic acids is 1. The van der Waals surface area contributed by atoms with Gasteiger partial charge in [-0.15, -0.1) is 0 Å². The first kappa shape index (κ1) is 11.0. The minimum Gasteiger partial charge on any atom is -0.476 e. The second-order valence-corrected chi connectivity index (χ2v) is 4.43. The Morgan fingerprint density at radius 3 is 2.83 bits per heavy atom. The molecule has 0 aliphatic rings. The van der Waals surface area contributed by atoms with Crippen molar-refractivity contribution >= 4 is 27.4 Å². The number of rotatable bonds is 2. The number of fused-ring (bicyclic) bond motifs is 1. The van der Waals surface area contributed by atoms with E-state index in [9.17, 15) is 4.79 Å². The van der Waals surface area contributed by atoms with E-state index < -0.39 is 5.97 Å². The molecule has 0 spiro atoms. The molecular weight excluding hydrogens is 300 g/mol. The monoisotopic (exact) mass is 306 g/mol. The van der Waals surface area contributed by atoms with Gasteiger partial charge in [-0.3, -0.25) is 4.40 Å². The Hall–Kier alpha value is -2.08. The number of aromatic nitrogens is 2. The third-order valence-corrected chi connectivity index (χ3v) is 2.97. The van der Waals surface area contributed by atoms with E-state index in [0.29, 0.717) is 21.8 Å². The molecule has 6 heteroatoms. The standard InChI is InChI=1S/C12H7BrN2O3/c13-9-5-4-8(18-9)11-14-10(12(16)17)7-3-1-2-6-15(7)11/h1-6H,(H,16,17). The lowest BCUT2D eigenvalue weighted by Gasteiger charge is -1.96. The number of nitrogens with zero attached hydrogens (tertiary/aromatic N) is 2. The predicted molar refractivity (Wildman–Crippen MR) is 67.6 cm³/mol. The quantitative estimate of drug-likeness (QED) is 0.790. The zero-order chi connectivity index (χ0) is 12.7. The summed E-state index contributed by atoms with van der Waals surface area (Å²) >= 11 is 3.21. The summed E-state index contributed by atoms with van der Waals surface area (Å²) in [6.07, 6.45) is 1.75. The molecule has 0 atom stereocenters. The molecule has 3 aromatic heterocycles. The van der Waals surface area contributed by atoms with Crippen molar-refractivity contribution in [2.24, 2.45) is 0 Å². The Kier molecular flexibility index (Phi) is 2.45. The highest BCUT2D eigenvalue weighted by Crippen LogP contribution is 2.26. The molecule has 0 radical (unpaired) electrons. The Bertz CT molecular complexity index is 745. The van der Waals surface area contributed by atoms with Gasteiger partial charge in [0, 0.05) is 6.20 Å². The van der Waals surface area contributed by atoms with Gasteiger partial charge >= 0.3 is 5.97 Å². The van der Waals surface area contributed by atoms with E-state index in [4.69, 9.17) is 9.52 Å². The van der Waals surface area contributed by atoms with Crippen molar-refractivity contribution in [1.82, 2.24) is 9.38 Å². The van der Waals surface area contributed by atoms with E-state index in [0.717, 1.165) is 0 Å². The first-order chi connectivity index (χ1) is 8.66. The summed E-state index contributed by atoms with van der Waals surface area (Å²) in [5, 5.41) is 9.13. The van der Waals surface area contributed by atoms with Crippen LogP contribution in [0, 0.1) is 0 Å². The van der Waals surface area contributed by atoms with Crippen LogP contribution in [0.5, 0.6) is 0 Å². The van der Waals surface area contributed by atoms with Crippen molar-refractivity contribution in [3.63, 3.8) is 0 Å². The van der Waals surface area contributed by atoms with E-state index in [2.05, 4.69) is 20.9 Å². The van der Waals surface area contributed by atoms with E-state index in [-0.39, 0.29) is 5.69 Å². The highest BCUT2D eigenvalue weighted by Gasteiger charge is 2.18. The molecule has 0 saturated heterocycles. The molecule has 0 aliphatic heterocycles. The molecule has 0 amide bonds. The Morgan fingerprint density at radius 1 is 1.33 bits per heavy atom. The molecule has 3 rings (SSSR count). The highest BCUT2D eigenvalue weighted by molar-refractivity contribution is 9.10. The van der Waals surface area contributed by atoms with Gasteiger partial charge in [0.25, 0.3) is 0 Å². The van der Waals surface area contributed by atoms with Crippen LogP contribution in [0.4, 0.5) is 0 Å². The number of pyridine rings is 1. The summed E-state index contributed by atoms with van der Waals surface area (Å²) in [6, 6.07) is 8.75. The van der Waals surface area contributed by atoms with E-state index in [1.165, 1.54) is 0 Å². The smallest absolute Gasteiger partial charge is 0.356 e. The number of imidazole rings is 1. The van der Waals surface area contributed by atoms with E-state index in [1.54, 1.807) is 34.9 Å². The average Bonchev–Trinajstić information content (AvgIpc) is 2.92. The van der Waals surface area contributed by atoms with Crippen LogP contribution in [0.2, 0.25) is 0 Å². The lowest BCUT2D eigenvalue weighted by atomic mass is 10.3. The van der Waals surface area contributed by atoms with Gasteiger partial charge in [-0.25, -0.2) is 9.78 Å². The van der Waals surface area contributed by atoms with Crippen molar-refractivity contribution in [3.05, 3.63) is 46.9 Å². The molecule has 18 heavy (non-hydrogen) atoms. The molecule has 3 heterocycles. The number of carbonyl (C=O) groups is 1. The van der Waals surface area contributed by atoms with Crippen molar-refractivity contribution in [2.75, 3.05) is 0 Å². The number of hydrogen-bond donors (Lipinski definition) is 1. The molecule has 0 aliphatic carbocycles. The first-order valence-corrected chi connectivity index (χ1v) is 5.92. The van der Waals surface area contributed by atoms with Gasteiger partial charge in [-0.2, -0.15) is 0 Å². The minimum atomic E-state index is -1.06. The van der Waals surface area contributed by atoms with Crippen LogP contribution >= 0.6 is 15.9 Å². The molecule has 0 saturated carbocycles. The molecule has 90 valence electrons. The zero-order valence-electron chi connectivity index (χ0n) is 9.00.